The molecule has 22 heavy (non-hydrogen) atoms. The van der Waals surface area contributed by atoms with Crippen LogP contribution >= 0.6 is 0 Å². The zero-order valence-corrected chi connectivity index (χ0v) is 12.8. The number of carboxylic acid groups (broad SMARTS) is 1. The van der Waals surface area contributed by atoms with E-state index in [1.807, 2.05) is 32.0 Å². The molecule has 0 atom stereocenters. The number of carboxylic acids is 1. The van der Waals surface area contributed by atoms with Crippen LogP contribution < -0.4 is 10.2 Å². The molecule has 0 heterocycles. The highest BCUT2D eigenvalue weighted by molar-refractivity contribution is 6.01. The Balaban J connectivity index is 2.19. The van der Waals surface area contributed by atoms with Gasteiger partial charge in [0.1, 0.15) is 5.75 Å². The average Bonchev–Trinajstić information content (AvgIpc) is 2.53. The first kappa shape index (κ1) is 15.6. The standard InChI is InChI=1S/C17H18N2O3/c1-11-4-9-16(22-3)15(10-11)12(2)18-19-14-7-5-13(6-8-14)17(20)21/h4-10,19H,1-3H3,(H,20,21)/b18-12-. The topological polar surface area (TPSA) is 70.9 Å². The van der Waals surface area contributed by atoms with Crippen LogP contribution in [0.25, 0.3) is 0 Å². The lowest BCUT2D eigenvalue weighted by Gasteiger charge is -2.09. The summed E-state index contributed by atoms with van der Waals surface area (Å²) in [6, 6.07) is 12.3. The number of benzene rings is 2. The van der Waals surface area contributed by atoms with Crippen LogP contribution in [0, 0.1) is 6.92 Å². The summed E-state index contributed by atoms with van der Waals surface area (Å²) in [5.74, 6) is -0.189. The van der Waals surface area contributed by atoms with Crippen molar-refractivity contribution >= 4 is 17.4 Å². The fourth-order valence-electron chi connectivity index (χ4n) is 2.00. The predicted molar refractivity (Wildman–Crippen MR) is 87.0 cm³/mol. The van der Waals surface area contributed by atoms with Crippen LogP contribution in [-0.4, -0.2) is 23.9 Å². The van der Waals surface area contributed by atoms with Gasteiger partial charge in [-0.15, -0.1) is 0 Å². The van der Waals surface area contributed by atoms with Gasteiger partial charge in [0.25, 0.3) is 0 Å². The summed E-state index contributed by atoms with van der Waals surface area (Å²) in [6.07, 6.45) is 0. The monoisotopic (exact) mass is 298 g/mol. The minimum absolute atomic E-state index is 0.242. The van der Waals surface area contributed by atoms with Crippen molar-refractivity contribution in [3.63, 3.8) is 0 Å². The first-order chi connectivity index (χ1) is 10.5. The molecule has 2 aromatic carbocycles. The number of hydrogen-bond acceptors (Lipinski definition) is 4. The molecule has 0 aliphatic carbocycles. The van der Waals surface area contributed by atoms with Crippen molar-refractivity contribution in [3.8, 4) is 5.75 Å². The summed E-state index contributed by atoms with van der Waals surface area (Å²) in [6.45, 7) is 3.89. The van der Waals surface area contributed by atoms with Crippen molar-refractivity contribution < 1.29 is 14.6 Å². The number of rotatable bonds is 5. The minimum atomic E-state index is -0.948. The molecular weight excluding hydrogens is 280 g/mol. The van der Waals surface area contributed by atoms with Gasteiger partial charge in [-0.1, -0.05) is 11.6 Å². The third kappa shape index (κ3) is 3.63. The number of hydrazone groups is 1. The highest BCUT2D eigenvalue weighted by Crippen LogP contribution is 2.20. The summed E-state index contributed by atoms with van der Waals surface area (Å²) in [7, 11) is 1.62. The van der Waals surface area contributed by atoms with E-state index in [1.54, 1.807) is 19.2 Å². The van der Waals surface area contributed by atoms with Crippen LogP contribution in [0.1, 0.15) is 28.4 Å². The van der Waals surface area contributed by atoms with E-state index in [0.717, 1.165) is 28.3 Å². The van der Waals surface area contributed by atoms with Crippen molar-refractivity contribution in [1.29, 1.82) is 0 Å². The fraction of sp³-hybridized carbons (Fsp3) is 0.176. The summed E-state index contributed by atoms with van der Waals surface area (Å²) < 4.78 is 5.34. The van der Waals surface area contributed by atoms with Crippen LogP contribution in [0.3, 0.4) is 0 Å². The van der Waals surface area contributed by atoms with Gasteiger partial charge in [0.15, 0.2) is 0 Å². The van der Waals surface area contributed by atoms with Gasteiger partial charge < -0.3 is 9.84 Å². The van der Waals surface area contributed by atoms with Gasteiger partial charge in [0.2, 0.25) is 0 Å². The number of ether oxygens (including phenoxy) is 1. The molecule has 2 aromatic rings. The molecule has 0 radical (unpaired) electrons. The number of anilines is 1. The number of carbonyl (C=O) groups is 1. The Kier molecular flexibility index (Phi) is 4.78. The van der Waals surface area contributed by atoms with Crippen molar-refractivity contribution in [1.82, 2.24) is 0 Å². The fourth-order valence-corrected chi connectivity index (χ4v) is 2.00. The maximum Gasteiger partial charge on any atom is 0.335 e. The summed E-state index contributed by atoms with van der Waals surface area (Å²) >= 11 is 0. The molecule has 5 heteroatoms. The van der Waals surface area contributed by atoms with Gasteiger partial charge in [0.05, 0.1) is 24.1 Å². The quantitative estimate of drug-likeness (QED) is 0.654. The van der Waals surface area contributed by atoms with Gasteiger partial charge in [0, 0.05) is 5.56 Å². The van der Waals surface area contributed by atoms with Crippen LogP contribution in [-0.2, 0) is 0 Å². The SMILES string of the molecule is COc1ccc(C)cc1/C(C)=N\Nc1ccc(C(=O)O)cc1. The van der Waals surface area contributed by atoms with Crippen molar-refractivity contribution in [2.75, 3.05) is 12.5 Å². The molecule has 0 bridgehead atoms. The van der Waals surface area contributed by atoms with Crippen molar-refractivity contribution in [2.45, 2.75) is 13.8 Å². The number of nitrogens with one attached hydrogen (secondary N) is 1. The Bertz CT molecular complexity index is 706. The molecule has 114 valence electrons. The molecule has 0 spiro atoms. The van der Waals surface area contributed by atoms with E-state index < -0.39 is 5.97 Å². The molecule has 0 fully saturated rings. The number of aryl methyl sites for hydroxylation is 1. The molecule has 2 rings (SSSR count). The van der Waals surface area contributed by atoms with E-state index in [-0.39, 0.29) is 5.56 Å². The molecule has 0 amide bonds. The van der Waals surface area contributed by atoms with Gasteiger partial charge in [-0.05, 0) is 50.2 Å². The summed E-state index contributed by atoms with van der Waals surface area (Å²) in [4.78, 5) is 10.8. The van der Waals surface area contributed by atoms with E-state index in [2.05, 4.69) is 10.5 Å². The maximum absolute atomic E-state index is 10.8. The predicted octanol–water partition coefficient (Wildman–Crippen LogP) is 3.54. The summed E-state index contributed by atoms with van der Waals surface area (Å²) in [5, 5.41) is 13.2. The molecule has 0 aliphatic rings. The first-order valence-corrected chi connectivity index (χ1v) is 6.80. The molecule has 0 aliphatic heterocycles. The number of methoxy groups -OCH3 is 1. The van der Waals surface area contributed by atoms with E-state index in [9.17, 15) is 4.79 Å². The van der Waals surface area contributed by atoms with Crippen LogP contribution in [0.5, 0.6) is 5.75 Å². The van der Waals surface area contributed by atoms with Gasteiger partial charge >= 0.3 is 5.97 Å². The molecule has 0 saturated heterocycles. The Labute approximate surface area is 129 Å². The maximum atomic E-state index is 10.8. The Morgan fingerprint density at radius 2 is 1.86 bits per heavy atom. The van der Waals surface area contributed by atoms with E-state index in [4.69, 9.17) is 9.84 Å². The van der Waals surface area contributed by atoms with Gasteiger partial charge in [-0.3, -0.25) is 5.43 Å². The van der Waals surface area contributed by atoms with Gasteiger partial charge in [-0.2, -0.15) is 5.10 Å². The minimum Gasteiger partial charge on any atom is -0.496 e. The highest BCUT2D eigenvalue weighted by Gasteiger charge is 2.07. The average molecular weight is 298 g/mol. The van der Waals surface area contributed by atoms with E-state index in [0.29, 0.717) is 0 Å². The lowest BCUT2D eigenvalue weighted by atomic mass is 10.1. The third-order valence-corrected chi connectivity index (χ3v) is 3.23. The zero-order valence-electron chi connectivity index (χ0n) is 12.8. The second-order valence-electron chi connectivity index (χ2n) is 4.90. The lowest BCUT2D eigenvalue weighted by Crippen LogP contribution is -2.03. The Morgan fingerprint density at radius 3 is 2.45 bits per heavy atom. The third-order valence-electron chi connectivity index (χ3n) is 3.23. The molecule has 2 N–H and O–H groups in total. The van der Waals surface area contributed by atoms with Crippen LogP contribution in [0.2, 0.25) is 0 Å². The second kappa shape index (κ2) is 6.76. The number of nitrogens with zero attached hydrogens (tertiary/aromatic N) is 1. The van der Waals surface area contributed by atoms with Crippen molar-refractivity contribution in [2.24, 2.45) is 5.10 Å². The lowest BCUT2D eigenvalue weighted by molar-refractivity contribution is 0.0697. The first-order valence-electron chi connectivity index (χ1n) is 6.80. The summed E-state index contributed by atoms with van der Waals surface area (Å²) in [5.41, 5.74) is 6.70. The molecule has 5 nitrogen and oxygen atoms in total. The highest BCUT2D eigenvalue weighted by atomic mass is 16.5. The van der Waals surface area contributed by atoms with Crippen LogP contribution in [0.15, 0.2) is 47.6 Å². The normalized spacial score (nSPS) is 11.1. The Hall–Kier alpha value is -2.82. The molecule has 0 aromatic heterocycles. The molecule has 0 saturated carbocycles. The van der Waals surface area contributed by atoms with Crippen LogP contribution in [0.4, 0.5) is 5.69 Å². The van der Waals surface area contributed by atoms with E-state index in [1.165, 1.54) is 12.1 Å². The number of hydrogen-bond donors (Lipinski definition) is 2. The van der Waals surface area contributed by atoms with Crippen molar-refractivity contribution in [3.05, 3.63) is 59.2 Å². The Morgan fingerprint density at radius 1 is 1.18 bits per heavy atom. The van der Waals surface area contributed by atoms with Gasteiger partial charge in [-0.25, -0.2) is 4.79 Å². The molecular formula is C17H18N2O3. The van der Waals surface area contributed by atoms with E-state index >= 15 is 0 Å². The zero-order chi connectivity index (χ0) is 16.1. The molecule has 0 unspecified atom stereocenters. The largest absolute Gasteiger partial charge is 0.496 e. The number of aromatic carboxylic acids is 1. The second-order valence-corrected chi connectivity index (χ2v) is 4.90. The smallest absolute Gasteiger partial charge is 0.335 e.